The molecule has 0 aliphatic carbocycles. The van der Waals surface area contributed by atoms with Crippen molar-refractivity contribution >= 4 is 17.0 Å². The molecule has 0 radical (unpaired) electrons. The summed E-state index contributed by atoms with van der Waals surface area (Å²) in [6.45, 7) is -0.152. The van der Waals surface area contributed by atoms with Gasteiger partial charge in [0.05, 0.1) is 19.5 Å². The fourth-order valence-corrected chi connectivity index (χ4v) is 2.81. The highest BCUT2D eigenvalue weighted by molar-refractivity contribution is 5.81. The van der Waals surface area contributed by atoms with Gasteiger partial charge < -0.3 is 25.4 Å². The lowest BCUT2D eigenvalue weighted by molar-refractivity contribution is -0.185. The van der Waals surface area contributed by atoms with Crippen LogP contribution < -0.4 is 5.73 Å². The van der Waals surface area contributed by atoms with Gasteiger partial charge in [0.25, 0.3) is 0 Å². The van der Waals surface area contributed by atoms with Gasteiger partial charge in [-0.1, -0.05) is 0 Å². The Balaban J connectivity index is 1.80. The first-order valence-corrected chi connectivity index (χ1v) is 6.18. The van der Waals surface area contributed by atoms with Crippen LogP contribution >= 0.6 is 0 Å². The maximum absolute atomic E-state index is 10.2. The Morgan fingerprint density at radius 3 is 3.05 bits per heavy atom. The molecule has 4 N–H and O–H groups in total. The molecule has 0 saturated carbocycles. The Kier molecular flexibility index (Phi) is 2.31. The molecule has 2 saturated heterocycles. The highest BCUT2D eigenvalue weighted by atomic mass is 16.7. The van der Waals surface area contributed by atoms with Crippen molar-refractivity contribution in [2.75, 3.05) is 18.9 Å². The molecule has 2 aromatic heterocycles. The highest BCUT2D eigenvalue weighted by Gasteiger charge is 2.61. The summed E-state index contributed by atoms with van der Waals surface area (Å²) in [5.74, 6) is 0.273. The summed E-state index contributed by atoms with van der Waals surface area (Å²) in [6, 6.07) is 0. The van der Waals surface area contributed by atoms with Crippen LogP contribution in [0.25, 0.3) is 11.2 Å². The first-order chi connectivity index (χ1) is 9.66. The minimum absolute atomic E-state index is 0.162. The molecule has 0 spiro atoms. The van der Waals surface area contributed by atoms with Crippen molar-refractivity contribution in [1.29, 1.82) is 0 Å². The Morgan fingerprint density at radius 1 is 1.45 bits per heavy atom. The zero-order valence-electron chi connectivity index (χ0n) is 10.4. The largest absolute Gasteiger partial charge is 0.393 e. The molecule has 9 heteroatoms. The quantitative estimate of drug-likeness (QED) is 0.601. The van der Waals surface area contributed by atoms with E-state index < -0.39 is 24.0 Å². The molecule has 2 bridgehead atoms. The van der Waals surface area contributed by atoms with Crippen molar-refractivity contribution in [1.82, 2.24) is 19.5 Å². The maximum Gasteiger partial charge on any atom is 0.167 e. The van der Waals surface area contributed by atoms with Gasteiger partial charge in [0.15, 0.2) is 17.7 Å². The van der Waals surface area contributed by atoms with Gasteiger partial charge in [-0.3, -0.25) is 4.57 Å². The number of hydrogen-bond donors (Lipinski definition) is 3. The van der Waals surface area contributed by atoms with Gasteiger partial charge in [0.2, 0.25) is 0 Å². The van der Waals surface area contributed by atoms with Gasteiger partial charge in [-0.05, 0) is 0 Å². The Hall–Kier alpha value is -1.81. The molecule has 2 aromatic rings. The molecular formula is C11H13N5O4. The second-order valence-electron chi connectivity index (χ2n) is 5.03. The molecule has 4 atom stereocenters. The number of anilines is 1. The Bertz CT molecular complexity index is 676. The summed E-state index contributed by atoms with van der Waals surface area (Å²) in [7, 11) is 0. The third kappa shape index (κ3) is 1.32. The van der Waals surface area contributed by atoms with E-state index in [-0.39, 0.29) is 19.0 Å². The molecule has 20 heavy (non-hydrogen) atoms. The van der Waals surface area contributed by atoms with Gasteiger partial charge in [-0.15, -0.1) is 0 Å². The van der Waals surface area contributed by atoms with Crippen LogP contribution in [0.4, 0.5) is 5.82 Å². The summed E-state index contributed by atoms with van der Waals surface area (Å²) in [5.41, 5.74) is 5.62. The molecule has 0 amide bonds. The second kappa shape index (κ2) is 3.85. The van der Waals surface area contributed by atoms with Crippen molar-refractivity contribution in [3.05, 3.63) is 12.7 Å². The van der Waals surface area contributed by atoms with Gasteiger partial charge in [-0.2, -0.15) is 0 Å². The number of aliphatic hydroxyl groups excluding tert-OH is 2. The zero-order valence-corrected chi connectivity index (χ0v) is 10.4. The molecule has 4 heterocycles. The van der Waals surface area contributed by atoms with E-state index in [1.807, 2.05) is 0 Å². The van der Waals surface area contributed by atoms with Crippen LogP contribution in [-0.4, -0.2) is 60.8 Å². The summed E-state index contributed by atoms with van der Waals surface area (Å²) in [4.78, 5) is 12.2. The summed E-state index contributed by atoms with van der Waals surface area (Å²) < 4.78 is 13.0. The van der Waals surface area contributed by atoms with E-state index in [2.05, 4.69) is 15.0 Å². The fourth-order valence-electron chi connectivity index (χ4n) is 2.81. The molecule has 2 aliphatic rings. The van der Waals surface area contributed by atoms with Crippen LogP contribution in [0.5, 0.6) is 0 Å². The van der Waals surface area contributed by atoms with Gasteiger partial charge >= 0.3 is 0 Å². The van der Waals surface area contributed by atoms with Crippen molar-refractivity contribution in [2.24, 2.45) is 0 Å². The van der Waals surface area contributed by atoms with E-state index in [1.54, 1.807) is 4.57 Å². The monoisotopic (exact) mass is 279 g/mol. The molecule has 0 aromatic carbocycles. The maximum atomic E-state index is 10.2. The van der Waals surface area contributed by atoms with E-state index in [4.69, 9.17) is 15.2 Å². The first-order valence-electron chi connectivity index (χ1n) is 6.18. The minimum Gasteiger partial charge on any atom is -0.393 e. The SMILES string of the molecule is Nc1ncnc2c1ncn2[C@@H]1O[C@]2(CO)CO[C@H]1C2O. The van der Waals surface area contributed by atoms with Gasteiger partial charge in [0.1, 0.15) is 29.7 Å². The van der Waals surface area contributed by atoms with E-state index >= 15 is 0 Å². The molecular weight excluding hydrogens is 266 g/mol. The van der Waals surface area contributed by atoms with Crippen LogP contribution in [0.1, 0.15) is 6.23 Å². The van der Waals surface area contributed by atoms with Crippen LogP contribution in [0.2, 0.25) is 0 Å². The zero-order chi connectivity index (χ0) is 13.9. The van der Waals surface area contributed by atoms with E-state index in [0.29, 0.717) is 11.2 Å². The molecule has 4 rings (SSSR count). The van der Waals surface area contributed by atoms with Crippen LogP contribution in [0.3, 0.4) is 0 Å². The van der Waals surface area contributed by atoms with Gasteiger partial charge in [0, 0.05) is 0 Å². The lowest BCUT2D eigenvalue weighted by Gasteiger charge is -2.29. The van der Waals surface area contributed by atoms with Crippen LogP contribution in [-0.2, 0) is 9.47 Å². The molecule has 2 fully saturated rings. The predicted molar refractivity (Wildman–Crippen MR) is 65.4 cm³/mol. The molecule has 1 unspecified atom stereocenters. The van der Waals surface area contributed by atoms with Crippen molar-refractivity contribution in [2.45, 2.75) is 24.0 Å². The van der Waals surface area contributed by atoms with Crippen LogP contribution in [0.15, 0.2) is 12.7 Å². The number of nitrogens with two attached hydrogens (primary N) is 1. The Morgan fingerprint density at radius 2 is 2.30 bits per heavy atom. The average molecular weight is 279 g/mol. The Labute approximate surface area is 113 Å². The number of aromatic nitrogens is 4. The van der Waals surface area contributed by atoms with Crippen molar-refractivity contribution in [3.8, 4) is 0 Å². The van der Waals surface area contributed by atoms with E-state index in [0.717, 1.165) is 0 Å². The lowest BCUT2D eigenvalue weighted by Crippen LogP contribution is -2.44. The molecule has 106 valence electrons. The first kappa shape index (κ1) is 12.0. The molecule has 9 nitrogen and oxygen atoms in total. The number of nitrogen functional groups attached to an aromatic ring is 1. The normalized spacial score (nSPS) is 36.0. The smallest absolute Gasteiger partial charge is 0.167 e. The highest BCUT2D eigenvalue weighted by Crippen LogP contribution is 2.45. The summed E-state index contributed by atoms with van der Waals surface area (Å²) >= 11 is 0. The number of aliphatic hydroxyl groups is 2. The number of hydrogen-bond acceptors (Lipinski definition) is 8. The molecule has 2 aliphatic heterocycles. The van der Waals surface area contributed by atoms with Crippen LogP contribution in [0, 0.1) is 0 Å². The second-order valence-corrected chi connectivity index (χ2v) is 5.03. The number of ether oxygens (including phenoxy) is 2. The third-order valence-electron chi connectivity index (χ3n) is 3.94. The van der Waals surface area contributed by atoms with Crippen molar-refractivity contribution < 1.29 is 19.7 Å². The average Bonchev–Trinajstić information content (AvgIpc) is 3.10. The third-order valence-corrected chi connectivity index (χ3v) is 3.94. The fraction of sp³-hybridized carbons (Fsp3) is 0.545. The number of imidazole rings is 1. The summed E-state index contributed by atoms with van der Waals surface area (Å²) in [6.07, 6.45) is 0.778. The standard InChI is InChI=1S/C11H13N5O4/c12-8-5-9(14-3-13-8)16(4-15-5)10-6-7(18)11(1-17,20-10)2-19-6/h3-4,6-7,10,17-18H,1-2H2,(H2,12,13,14)/t6-,7?,10+,11+/m0/s1. The predicted octanol–water partition coefficient (Wildman–Crippen LogP) is -1.57. The van der Waals surface area contributed by atoms with Crippen molar-refractivity contribution in [3.63, 3.8) is 0 Å². The number of fused-ring (bicyclic) bond motifs is 3. The van der Waals surface area contributed by atoms with Gasteiger partial charge in [-0.25, -0.2) is 15.0 Å². The topological polar surface area (TPSA) is 129 Å². The minimum atomic E-state index is -1.08. The van der Waals surface area contributed by atoms with E-state index in [9.17, 15) is 10.2 Å². The van der Waals surface area contributed by atoms with E-state index in [1.165, 1.54) is 12.7 Å². The lowest BCUT2D eigenvalue weighted by atomic mass is 10.0. The number of rotatable bonds is 2. The number of nitrogens with zero attached hydrogens (tertiary/aromatic N) is 4. The summed E-state index contributed by atoms with van der Waals surface area (Å²) in [5, 5.41) is 19.6.